The molecule has 1 aromatic carbocycles. The first kappa shape index (κ1) is 12.2. The third-order valence-corrected chi connectivity index (χ3v) is 2.24. The van der Waals surface area contributed by atoms with Crippen molar-refractivity contribution >= 4 is 12.3 Å². The van der Waals surface area contributed by atoms with Crippen LogP contribution in [-0.4, -0.2) is 18.5 Å². The summed E-state index contributed by atoms with van der Waals surface area (Å²) in [5, 5.41) is 5.32. The van der Waals surface area contributed by atoms with E-state index < -0.39 is 0 Å². The van der Waals surface area contributed by atoms with Gasteiger partial charge < -0.3 is 10.6 Å². The van der Waals surface area contributed by atoms with Crippen LogP contribution in [0.1, 0.15) is 24.2 Å². The lowest BCUT2D eigenvalue weighted by Crippen LogP contribution is -2.48. The van der Waals surface area contributed by atoms with Crippen LogP contribution in [0.4, 0.5) is 0 Å². The lowest BCUT2D eigenvalue weighted by molar-refractivity contribution is -0.110. The second kappa shape index (κ2) is 5.90. The fraction of sp³-hybridized carbons (Fsp3) is 0.333. The summed E-state index contributed by atoms with van der Waals surface area (Å²) in [5.41, 5.74) is 0.584. The van der Waals surface area contributed by atoms with E-state index in [0.717, 1.165) is 0 Å². The van der Waals surface area contributed by atoms with Gasteiger partial charge in [0.1, 0.15) is 6.17 Å². The van der Waals surface area contributed by atoms with Gasteiger partial charge in [-0.25, -0.2) is 0 Å². The Bertz CT molecular complexity index is 349. The molecule has 1 aromatic rings. The lowest BCUT2D eigenvalue weighted by Gasteiger charge is -2.21. The quantitative estimate of drug-likeness (QED) is 0.577. The van der Waals surface area contributed by atoms with Crippen molar-refractivity contribution in [2.45, 2.75) is 20.0 Å². The molecule has 0 spiro atoms. The first-order chi connectivity index (χ1) is 7.65. The van der Waals surface area contributed by atoms with Crippen LogP contribution in [0.25, 0.3) is 0 Å². The molecular formula is C12H16N2O2. The molecule has 0 aliphatic rings. The summed E-state index contributed by atoms with van der Waals surface area (Å²) >= 11 is 0. The van der Waals surface area contributed by atoms with Gasteiger partial charge in [0.05, 0.1) is 0 Å². The first-order valence-corrected chi connectivity index (χ1v) is 5.20. The van der Waals surface area contributed by atoms with E-state index in [-0.39, 0.29) is 18.0 Å². The Labute approximate surface area is 95.0 Å². The summed E-state index contributed by atoms with van der Waals surface area (Å²) in [7, 11) is 0. The Kier molecular flexibility index (Phi) is 4.51. The largest absolute Gasteiger partial charge is 0.338 e. The van der Waals surface area contributed by atoms with Crippen LogP contribution in [0.3, 0.4) is 0 Å². The van der Waals surface area contributed by atoms with Crippen LogP contribution in [0.2, 0.25) is 0 Å². The average molecular weight is 220 g/mol. The molecule has 16 heavy (non-hydrogen) atoms. The molecule has 0 radical (unpaired) electrons. The lowest BCUT2D eigenvalue weighted by atomic mass is 10.1. The summed E-state index contributed by atoms with van der Waals surface area (Å²) in [6, 6.07) is 8.90. The Morgan fingerprint density at radius 1 is 1.25 bits per heavy atom. The molecule has 0 aliphatic carbocycles. The zero-order valence-corrected chi connectivity index (χ0v) is 9.44. The molecule has 2 amide bonds. The van der Waals surface area contributed by atoms with Crippen LogP contribution in [0, 0.1) is 5.92 Å². The van der Waals surface area contributed by atoms with Crippen molar-refractivity contribution in [3.05, 3.63) is 35.9 Å². The highest BCUT2D eigenvalue weighted by Crippen LogP contribution is 2.02. The minimum atomic E-state index is -0.342. The number of carbonyl (C=O) groups excluding carboxylic acids is 2. The fourth-order valence-corrected chi connectivity index (χ4v) is 1.29. The van der Waals surface area contributed by atoms with Gasteiger partial charge in [-0.2, -0.15) is 0 Å². The van der Waals surface area contributed by atoms with E-state index in [1.54, 1.807) is 24.3 Å². The van der Waals surface area contributed by atoms with E-state index in [1.165, 1.54) is 0 Å². The Hall–Kier alpha value is -1.84. The van der Waals surface area contributed by atoms with Gasteiger partial charge in [-0.05, 0) is 18.1 Å². The minimum absolute atomic E-state index is 0.137. The maximum Gasteiger partial charge on any atom is 0.252 e. The van der Waals surface area contributed by atoms with Crippen molar-refractivity contribution in [2.75, 3.05) is 0 Å². The molecule has 0 aliphatic heterocycles. The van der Waals surface area contributed by atoms with Crippen LogP contribution in [0.5, 0.6) is 0 Å². The van der Waals surface area contributed by atoms with Crippen LogP contribution < -0.4 is 10.6 Å². The molecule has 0 fully saturated rings. The molecule has 4 heteroatoms. The third kappa shape index (κ3) is 3.38. The smallest absolute Gasteiger partial charge is 0.252 e. The number of hydrogen-bond acceptors (Lipinski definition) is 2. The van der Waals surface area contributed by atoms with E-state index in [2.05, 4.69) is 10.6 Å². The second-order valence-corrected chi connectivity index (χ2v) is 3.85. The Morgan fingerprint density at radius 2 is 1.88 bits per heavy atom. The average Bonchev–Trinajstić information content (AvgIpc) is 2.29. The van der Waals surface area contributed by atoms with Crippen molar-refractivity contribution in [3.63, 3.8) is 0 Å². The number of benzene rings is 1. The molecular weight excluding hydrogens is 204 g/mol. The normalized spacial score (nSPS) is 11.9. The number of rotatable bonds is 5. The molecule has 0 saturated heterocycles. The molecule has 0 heterocycles. The number of hydrogen-bond donors (Lipinski definition) is 2. The maximum absolute atomic E-state index is 11.8. The molecule has 1 rings (SSSR count). The third-order valence-electron chi connectivity index (χ3n) is 2.24. The van der Waals surface area contributed by atoms with Crippen LogP contribution in [0.15, 0.2) is 30.3 Å². The monoisotopic (exact) mass is 220 g/mol. The fourth-order valence-electron chi connectivity index (χ4n) is 1.29. The van der Waals surface area contributed by atoms with Crippen LogP contribution >= 0.6 is 0 Å². The summed E-state index contributed by atoms with van der Waals surface area (Å²) < 4.78 is 0. The van der Waals surface area contributed by atoms with E-state index in [1.807, 2.05) is 19.9 Å². The topological polar surface area (TPSA) is 58.2 Å². The van der Waals surface area contributed by atoms with Gasteiger partial charge in [0.15, 0.2) is 0 Å². The standard InChI is InChI=1S/C12H16N2O2/c1-9(2)11(13-8-15)14-12(16)10-6-4-3-5-7-10/h3-9,11H,1-2H3,(H,13,15)(H,14,16). The van der Waals surface area contributed by atoms with Crippen LogP contribution in [-0.2, 0) is 4.79 Å². The van der Waals surface area contributed by atoms with Gasteiger partial charge in [-0.3, -0.25) is 9.59 Å². The molecule has 1 atom stereocenters. The van der Waals surface area contributed by atoms with E-state index in [4.69, 9.17) is 0 Å². The summed E-state index contributed by atoms with van der Waals surface area (Å²) in [4.78, 5) is 22.1. The zero-order chi connectivity index (χ0) is 12.0. The highest BCUT2D eigenvalue weighted by Gasteiger charge is 2.15. The Morgan fingerprint density at radius 3 is 2.38 bits per heavy atom. The Balaban J connectivity index is 2.65. The molecule has 1 unspecified atom stereocenters. The molecule has 4 nitrogen and oxygen atoms in total. The maximum atomic E-state index is 11.8. The summed E-state index contributed by atoms with van der Waals surface area (Å²) in [6.45, 7) is 3.85. The second-order valence-electron chi connectivity index (χ2n) is 3.85. The van der Waals surface area contributed by atoms with Gasteiger partial charge in [0.2, 0.25) is 6.41 Å². The van der Waals surface area contributed by atoms with Crippen molar-refractivity contribution in [2.24, 2.45) is 5.92 Å². The van der Waals surface area contributed by atoms with Gasteiger partial charge in [-0.15, -0.1) is 0 Å². The highest BCUT2D eigenvalue weighted by molar-refractivity contribution is 5.94. The van der Waals surface area contributed by atoms with Gasteiger partial charge in [0, 0.05) is 5.56 Å². The molecule has 0 aromatic heterocycles. The van der Waals surface area contributed by atoms with Gasteiger partial charge in [0.25, 0.3) is 5.91 Å². The SMILES string of the molecule is CC(C)C(NC=O)NC(=O)c1ccccc1. The molecule has 0 saturated carbocycles. The first-order valence-electron chi connectivity index (χ1n) is 5.20. The minimum Gasteiger partial charge on any atom is -0.338 e. The van der Waals surface area contributed by atoms with E-state index >= 15 is 0 Å². The van der Waals surface area contributed by atoms with Crippen molar-refractivity contribution in [1.82, 2.24) is 10.6 Å². The molecule has 0 bridgehead atoms. The predicted octanol–water partition coefficient (Wildman–Crippen LogP) is 1.14. The molecule has 2 N–H and O–H groups in total. The summed E-state index contributed by atoms with van der Waals surface area (Å²) in [5.74, 6) is -0.0495. The number of amides is 2. The van der Waals surface area contributed by atoms with Gasteiger partial charge in [-0.1, -0.05) is 32.0 Å². The van der Waals surface area contributed by atoms with Crippen molar-refractivity contribution < 1.29 is 9.59 Å². The molecule has 86 valence electrons. The van der Waals surface area contributed by atoms with Crippen molar-refractivity contribution in [3.8, 4) is 0 Å². The van der Waals surface area contributed by atoms with Gasteiger partial charge >= 0.3 is 0 Å². The predicted molar refractivity (Wildman–Crippen MR) is 61.7 cm³/mol. The van der Waals surface area contributed by atoms with E-state index in [0.29, 0.717) is 12.0 Å². The number of nitrogens with one attached hydrogen (secondary N) is 2. The van der Waals surface area contributed by atoms with E-state index in [9.17, 15) is 9.59 Å². The summed E-state index contributed by atoms with van der Waals surface area (Å²) in [6.07, 6.45) is 0.251. The highest BCUT2D eigenvalue weighted by atomic mass is 16.2. The van der Waals surface area contributed by atoms with Crippen molar-refractivity contribution in [1.29, 1.82) is 0 Å². The zero-order valence-electron chi connectivity index (χ0n) is 9.44. The number of carbonyl (C=O) groups is 2.